The maximum atomic E-state index is 10.2. The molecule has 0 aliphatic carbocycles. The molecule has 0 radical (unpaired) electrons. The van der Waals surface area contributed by atoms with Gasteiger partial charge in [-0.2, -0.15) is 11.3 Å². The minimum Gasteiger partial charge on any atom is -0.497 e. The van der Waals surface area contributed by atoms with Crippen molar-refractivity contribution < 1.29 is 14.6 Å². The molecule has 0 saturated heterocycles. The summed E-state index contributed by atoms with van der Waals surface area (Å²) >= 11 is 1.56. The molecule has 17 heavy (non-hydrogen) atoms. The average molecular weight is 250 g/mol. The Hall–Kier alpha value is -1.52. The fraction of sp³-hybridized carbons (Fsp3) is 0.231. The summed E-state index contributed by atoms with van der Waals surface area (Å²) in [5, 5.41) is 14.1. The highest BCUT2D eigenvalue weighted by Gasteiger charge is 2.16. The minimum atomic E-state index is -0.665. The summed E-state index contributed by atoms with van der Waals surface area (Å²) in [6.07, 6.45) is -0.665. The molecule has 2 aromatic rings. The average Bonchev–Trinajstić information content (AvgIpc) is 2.91. The predicted molar refractivity (Wildman–Crippen MR) is 67.9 cm³/mol. The first-order chi connectivity index (χ1) is 8.26. The molecule has 0 unspecified atom stereocenters. The summed E-state index contributed by atoms with van der Waals surface area (Å²) in [5.41, 5.74) is 1.62. The molecule has 90 valence electrons. The SMILES string of the molecule is COc1ccc([C@H](O)c2ccsc2)c(OC)c1. The minimum absolute atomic E-state index is 0.628. The summed E-state index contributed by atoms with van der Waals surface area (Å²) in [5.74, 6) is 1.34. The van der Waals surface area contributed by atoms with Gasteiger partial charge in [0.15, 0.2) is 0 Å². The van der Waals surface area contributed by atoms with Crippen LogP contribution in [0.2, 0.25) is 0 Å². The van der Waals surface area contributed by atoms with Crippen molar-refractivity contribution in [1.82, 2.24) is 0 Å². The molecule has 0 amide bonds. The first-order valence-electron chi connectivity index (χ1n) is 5.18. The molecule has 2 rings (SSSR count). The zero-order valence-electron chi connectivity index (χ0n) is 9.71. The zero-order valence-corrected chi connectivity index (χ0v) is 10.5. The van der Waals surface area contributed by atoms with Crippen molar-refractivity contribution in [2.75, 3.05) is 14.2 Å². The molecule has 4 heteroatoms. The number of hydrogen-bond acceptors (Lipinski definition) is 4. The van der Waals surface area contributed by atoms with Crippen LogP contribution in [0.25, 0.3) is 0 Å². The largest absolute Gasteiger partial charge is 0.497 e. The quantitative estimate of drug-likeness (QED) is 0.906. The van der Waals surface area contributed by atoms with Crippen LogP contribution in [0.4, 0.5) is 0 Å². The van der Waals surface area contributed by atoms with Crippen molar-refractivity contribution in [2.24, 2.45) is 0 Å². The Labute approximate surface area is 104 Å². The van der Waals surface area contributed by atoms with Gasteiger partial charge in [-0.25, -0.2) is 0 Å². The molecule has 0 bridgehead atoms. The third-order valence-electron chi connectivity index (χ3n) is 2.59. The normalized spacial score (nSPS) is 12.2. The lowest BCUT2D eigenvalue weighted by Gasteiger charge is -2.14. The molecule has 0 fully saturated rings. The number of methoxy groups -OCH3 is 2. The standard InChI is InChI=1S/C13H14O3S/c1-15-10-3-4-11(12(7-10)16-2)13(14)9-5-6-17-8-9/h3-8,13-14H,1-2H3/t13-/m1/s1. The van der Waals surface area contributed by atoms with Crippen LogP contribution in [0.3, 0.4) is 0 Å². The van der Waals surface area contributed by atoms with E-state index < -0.39 is 6.10 Å². The molecule has 1 aromatic heterocycles. The van der Waals surface area contributed by atoms with E-state index in [1.165, 1.54) is 0 Å². The van der Waals surface area contributed by atoms with Crippen LogP contribution >= 0.6 is 11.3 Å². The van der Waals surface area contributed by atoms with Crippen molar-refractivity contribution >= 4 is 11.3 Å². The van der Waals surface area contributed by atoms with Crippen molar-refractivity contribution in [1.29, 1.82) is 0 Å². The van der Waals surface area contributed by atoms with E-state index in [4.69, 9.17) is 9.47 Å². The molecule has 1 atom stereocenters. The van der Waals surface area contributed by atoms with Gasteiger partial charge < -0.3 is 14.6 Å². The van der Waals surface area contributed by atoms with Crippen LogP contribution in [0.5, 0.6) is 11.5 Å². The third kappa shape index (κ3) is 2.43. The topological polar surface area (TPSA) is 38.7 Å². The molecule has 3 nitrogen and oxygen atoms in total. The molecule has 1 N–H and O–H groups in total. The highest BCUT2D eigenvalue weighted by atomic mass is 32.1. The number of aliphatic hydroxyl groups excluding tert-OH is 1. The highest BCUT2D eigenvalue weighted by Crippen LogP contribution is 2.33. The van der Waals surface area contributed by atoms with Gasteiger partial charge in [0.25, 0.3) is 0 Å². The van der Waals surface area contributed by atoms with E-state index in [1.54, 1.807) is 31.6 Å². The molecule has 0 aliphatic heterocycles. The van der Waals surface area contributed by atoms with Crippen LogP contribution in [-0.4, -0.2) is 19.3 Å². The molecule has 1 aromatic carbocycles. The second kappa shape index (κ2) is 5.21. The Kier molecular flexibility index (Phi) is 3.66. The van der Waals surface area contributed by atoms with Crippen LogP contribution in [0, 0.1) is 0 Å². The maximum Gasteiger partial charge on any atom is 0.128 e. The lowest BCUT2D eigenvalue weighted by atomic mass is 10.0. The smallest absolute Gasteiger partial charge is 0.128 e. The van der Waals surface area contributed by atoms with Crippen molar-refractivity contribution in [2.45, 2.75) is 6.10 Å². The first kappa shape index (κ1) is 12.0. The van der Waals surface area contributed by atoms with Crippen LogP contribution in [0.1, 0.15) is 17.2 Å². The van der Waals surface area contributed by atoms with E-state index in [0.29, 0.717) is 11.5 Å². The number of hydrogen-bond donors (Lipinski definition) is 1. The van der Waals surface area contributed by atoms with Gasteiger partial charge in [-0.05, 0) is 34.5 Å². The Morgan fingerprint density at radius 3 is 2.59 bits per heavy atom. The summed E-state index contributed by atoms with van der Waals surface area (Å²) in [6, 6.07) is 7.30. The lowest BCUT2D eigenvalue weighted by Crippen LogP contribution is -2.01. The van der Waals surface area contributed by atoms with Crippen LogP contribution in [0.15, 0.2) is 35.0 Å². The summed E-state index contributed by atoms with van der Waals surface area (Å²) in [7, 11) is 3.18. The molecular weight excluding hydrogens is 236 g/mol. The van der Waals surface area contributed by atoms with Crippen molar-refractivity contribution in [3.8, 4) is 11.5 Å². The number of rotatable bonds is 4. The Balaban J connectivity index is 2.38. The third-order valence-corrected chi connectivity index (χ3v) is 3.30. The van der Waals surface area contributed by atoms with Gasteiger partial charge >= 0.3 is 0 Å². The molecule has 0 spiro atoms. The van der Waals surface area contributed by atoms with Crippen LogP contribution < -0.4 is 9.47 Å². The Morgan fingerprint density at radius 2 is 2.00 bits per heavy atom. The number of benzene rings is 1. The highest BCUT2D eigenvalue weighted by molar-refractivity contribution is 7.07. The summed E-state index contributed by atoms with van der Waals surface area (Å²) < 4.78 is 10.4. The van der Waals surface area contributed by atoms with Crippen molar-refractivity contribution in [3.05, 3.63) is 46.2 Å². The predicted octanol–water partition coefficient (Wildman–Crippen LogP) is 2.85. The second-order valence-corrected chi connectivity index (χ2v) is 4.35. The van der Waals surface area contributed by atoms with E-state index in [9.17, 15) is 5.11 Å². The molecule has 0 saturated carbocycles. The number of ether oxygens (including phenoxy) is 2. The van der Waals surface area contributed by atoms with Gasteiger partial charge in [0.2, 0.25) is 0 Å². The van der Waals surface area contributed by atoms with Gasteiger partial charge in [0.1, 0.15) is 17.6 Å². The lowest BCUT2D eigenvalue weighted by molar-refractivity contribution is 0.215. The van der Waals surface area contributed by atoms with E-state index in [-0.39, 0.29) is 0 Å². The number of aliphatic hydroxyl groups is 1. The summed E-state index contributed by atoms with van der Waals surface area (Å²) in [4.78, 5) is 0. The van der Waals surface area contributed by atoms with Gasteiger partial charge in [-0.1, -0.05) is 0 Å². The number of thiophene rings is 1. The van der Waals surface area contributed by atoms with E-state index in [2.05, 4.69) is 0 Å². The summed E-state index contributed by atoms with van der Waals surface area (Å²) in [6.45, 7) is 0. The van der Waals surface area contributed by atoms with Crippen molar-refractivity contribution in [3.63, 3.8) is 0 Å². The van der Waals surface area contributed by atoms with Crippen LogP contribution in [-0.2, 0) is 0 Å². The van der Waals surface area contributed by atoms with Gasteiger partial charge in [0, 0.05) is 11.6 Å². The van der Waals surface area contributed by atoms with Gasteiger partial charge in [0.05, 0.1) is 14.2 Å². The van der Waals surface area contributed by atoms with E-state index in [1.807, 2.05) is 29.0 Å². The molecule has 1 heterocycles. The fourth-order valence-electron chi connectivity index (χ4n) is 1.65. The van der Waals surface area contributed by atoms with Gasteiger partial charge in [-0.15, -0.1) is 0 Å². The Morgan fingerprint density at radius 1 is 1.18 bits per heavy atom. The van der Waals surface area contributed by atoms with E-state index >= 15 is 0 Å². The fourth-order valence-corrected chi connectivity index (χ4v) is 2.33. The molecule has 0 aliphatic rings. The zero-order chi connectivity index (χ0) is 12.3. The van der Waals surface area contributed by atoms with Gasteiger partial charge in [-0.3, -0.25) is 0 Å². The molecular formula is C13H14O3S. The second-order valence-electron chi connectivity index (χ2n) is 3.57. The maximum absolute atomic E-state index is 10.2. The monoisotopic (exact) mass is 250 g/mol. The van der Waals surface area contributed by atoms with E-state index in [0.717, 1.165) is 11.1 Å². The Bertz CT molecular complexity index is 479. The first-order valence-corrected chi connectivity index (χ1v) is 6.12.